The highest BCUT2D eigenvalue weighted by Crippen LogP contribution is 2.27. The second kappa shape index (κ2) is 7.33. The summed E-state index contributed by atoms with van der Waals surface area (Å²) in [5, 5.41) is 3.61. The lowest BCUT2D eigenvalue weighted by atomic mass is 10.3. The Labute approximate surface area is 136 Å². The highest BCUT2D eigenvalue weighted by Gasteiger charge is 2.10. The number of halogens is 1. The summed E-state index contributed by atoms with van der Waals surface area (Å²) in [6, 6.07) is 6.34. The zero-order valence-corrected chi connectivity index (χ0v) is 13.5. The first kappa shape index (κ1) is 16.4. The van der Waals surface area contributed by atoms with Crippen molar-refractivity contribution in [2.75, 3.05) is 18.2 Å². The zero-order valence-electron chi connectivity index (χ0n) is 12.0. The smallest absolute Gasteiger partial charge is 0.251 e. The van der Waals surface area contributed by atoms with Crippen LogP contribution >= 0.6 is 23.4 Å². The average molecular weight is 340 g/mol. The van der Waals surface area contributed by atoms with E-state index < -0.39 is 0 Å². The number of benzene rings is 1. The number of carbonyl (C=O) groups excluding carboxylic acids is 1. The quantitative estimate of drug-likeness (QED) is 0.645. The van der Waals surface area contributed by atoms with Crippen LogP contribution in [0.1, 0.15) is 5.69 Å². The van der Waals surface area contributed by atoms with Gasteiger partial charge >= 0.3 is 0 Å². The van der Waals surface area contributed by atoms with Gasteiger partial charge in [0.1, 0.15) is 5.75 Å². The number of methoxy groups -OCH3 is 1. The van der Waals surface area contributed by atoms with E-state index in [0.717, 1.165) is 11.8 Å². The predicted molar refractivity (Wildman–Crippen MR) is 87.0 cm³/mol. The number of aromatic amines is 1. The number of amides is 1. The maximum absolute atomic E-state index is 12.0. The molecule has 0 aliphatic heterocycles. The van der Waals surface area contributed by atoms with Gasteiger partial charge in [0.25, 0.3) is 5.56 Å². The van der Waals surface area contributed by atoms with Gasteiger partial charge < -0.3 is 15.0 Å². The first-order valence-corrected chi connectivity index (χ1v) is 7.68. The van der Waals surface area contributed by atoms with E-state index in [-0.39, 0.29) is 17.2 Å². The number of H-pyrrole nitrogens is 1. The van der Waals surface area contributed by atoms with Crippen LogP contribution < -0.4 is 15.6 Å². The molecular weight excluding hydrogens is 326 g/mol. The lowest BCUT2D eigenvalue weighted by Crippen LogP contribution is -2.16. The first-order valence-electron chi connectivity index (χ1n) is 6.32. The Hall–Kier alpha value is -1.99. The van der Waals surface area contributed by atoms with E-state index in [1.807, 2.05) is 0 Å². The van der Waals surface area contributed by atoms with E-state index >= 15 is 0 Å². The number of nitrogens with zero attached hydrogens (tertiary/aromatic N) is 1. The van der Waals surface area contributed by atoms with Crippen molar-refractivity contribution >= 4 is 35.0 Å². The molecule has 22 heavy (non-hydrogen) atoms. The van der Waals surface area contributed by atoms with Crippen molar-refractivity contribution in [2.45, 2.75) is 12.1 Å². The van der Waals surface area contributed by atoms with Crippen LogP contribution in [-0.4, -0.2) is 28.7 Å². The van der Waals surface area contributed by atoms with Crippen LogP contribution in [0, 0.1) is 6.92 Å². The molecule has 2 aromatic rings. The number of hydrogen-bond donors (Lipinski definition) is 2. The van der Waals surface area contributed by atoms with Gasteiger partial charge in [-0.25, -0.2) is 4.98 Å². The largest absolute Gasteiger partial charge is 0.495 e. The van der Waals surface area contributed by atoms with Crippen LogP contribution in [-0.2, 0) is 4.79 Å². The van der Waals surface area contributed by atoms with Crippen molar-refractivity contribution in [3.63, 3.8) is 0 Å². The molecule has 116 valence electrons. The van der Waals surface area contributed by atoms with Gasteiger partial charge in [0.15, 0.2) is 5.16 Å². The fraction of sp³-hybridized carbons (Fsp3) is 0.214. The Kier molecular flexibility index (Phi) is 5.46. The topological polar surface area (TPSA) is 84.1 Å². The third-order valence-electron chi connectivity index (χ3n) is 2.62. The minimum absolute atomic E-state index is 0.0993. The molecule has 0 bridgehead atoms. The van der Waals surface area contributed by atoms with Crippen molar-refractivity contribution in [1.82, 2.24) is 9.97 Å². The fourth-order valence-electron chi connectivity index (χ4n) is 1.72. The van der Waals surface area contributed by atoms with Crippen molar-refractivity contribution in [2.24, 2.45) is 0 Å². The monoisotopic (exact) mass is 339 g/mol. The Morgan fingerprint density at radius 1 is 1.45 bits per heavy atom. The summed E-state index contributed by atoms with van der Waals surface area (Å²) in [6.45, 7) is 1.72. The summed E-state index contributed by atoms with van der Waals surface area (Å²) in [7, 11) is 1.51. The molecule has 0 saturated heterocycles. The predicted octanol–water partition coefficient (Wildman–Crippen LogP) is 2.47. The summed E-state index contributed by atoms with van der Waals surface area (Å²) < 4.78 is 5.16. The molecule has 6 nitrogen and oxygen atoms in total. The van der Waals surface area contributed by atoms with E-state index in [1.165, 1.54) is 13.2 Å². The van der Waals surface area contributed by atoms with Crippen LogP contribution in [0.2, 0.25) is 5.02 Å². The summed E-state index contributed by atoms with van der Waals surface area (Å²) in [4.78, 5) is 30.0. The number of ether oxygens (including phenoxy) is 1. The van der Waals surface area contributed by atoms with Crippen LogP contribution in [0.15, 0.2) is 34.2 Å². The highest BCUT2D eigenvalue weighted by atomic mass is 35.5. The first-order chi connectivity index (χ1) is 10.5. The molecule has 1 aromatic carbocycles. The number of nitrogens with one attached hydrogen (secondary N) is 2. The second-order valence-corrected chi connectivity index (χ2v) is 5.77. The molecule has 2 N–H and O–H groups in total. The number of rotatable bonds is 5. The van der Waals surface area contributed by atoms with Gasteiger partial charge in [-0.3, -0.25) is 9.59 Å². The van der Waals surface area contributed by atoms with Gasteiger partial charge in [0.05, 0.1) is 18.6 Å². The Balaban J connectivity index is 2.01. The SMILES string of the molecule is COc1ccc(Cl)cc1NC(=O)CSc1nc(C)cc(=O)[nH]1. The minimum Gasteiger partial charge on any atom is -0.495 e. The van der Waals surface area contributed by atoms with Gasteiger partial charge in [-0.15, -0.1) is 0 Å². The Morgan fingerprint density at radius 3 is 2.91 bits per heavy atom. The van der Waals surface area contributed by atoms with Gasteiger partial charge in [0, 0.05) is 16.8 Å². The van der Waals surface area contributed by atoms with Crippen molar-refractivity contribution in [1.29, 1.82) is 0 Å². The molecule has 0 saturated carbocycles. The van der Waals surface area contributed by atoms with Gasteiger partial charge in [-0.05, 0) is 25.1 Å². The van der Waals surface area contributed by atoms with E-state index in [2.05, 4.69) is 15.3 Å². The molecule has 8 heteroatoms. The third-order valence-corrected chi connectivity index (χ3v) is 3.73. The number of aromatic nitrogens is 2. The number of anilines is 1. The number of aryl methyl sites for hydroxylation is 1. The minimum atomic E-state index is -0.255. The number of thioether (sulfide) groups is 1. The molecule has 0 aliphatic rings. The Bertz CT molecular complexity index is 748. The number of hydrogen-bond acceptors (Lipinski definition) is 5. The van der Waals surface area contributed by atoms with E-state index in [4.69, 9.17) is 16.3 Å². The van der Waals surface area contributed by atoms with Crippen LogP contribution in [0.3, 0.4) is 0 Å². The standard InChI is InChI=1S/C14H14ClN3O3S/c1-8-5-12(19)18-14(16-8)22-7-13(20)17-10-6-9(15)3-4-11(10)21-2/h3-6H,7H2,1-2H3,(H,17,20)(H,16,18,19). The Morgan fingerprint density at radius 2 is 2.23 bits per heavy atom. The zero-order chi connectivity index (χ0) is 16.1. The molecular formula is C14H14ClN3O3S. The lowest BCUT2D eigenvalue weighted by Gasteiger charge is -2.10. The van der Waals surface area contributed by atoms with Gasteiger partial charge in [0.2, 0.25) is 5.91 Å². The highest BCUT2D eigenvalue weighted by molar-refractivity contribution is 7.99. The van der Waals surface area contributed by atoms with Crippen LogP contribution in [0.4, 0.5) is 5.69 Å². The van der Waals surface area contributed by atoms with Crippen molar-refractivity contribution in [3.8, 4) is 5.75 Å². The van der Waals surface area contributed by atoms with E-state index in [0.29, 0.717) is 27.3 Å². The van der Waals surface area contributed by atoms with Crippen molar-refractivity contribution < 1.29 is 9.53 Å². The summed E-state index contributed by atoms with van der Waals surface area (Å²) in [5.41, 5.74) is 0.849. The fourth-order valence-corrected chi connectivity index (χ4v) is 2.61. The summed E-state index contributed by atoms with van der Waals surface area (Å²) in [5.74, 6) is 0.363. The second-order valence-electron chi connectivity index (χ2n) is 4.37. The van der Waals surface area contributed by atoms with Crippen LogP contribution in [0.5, 0.6) is 5.75 Å². The molecule has 0 fully saturated rings. The van der Waals surface area contributed by atoms with Gasteiger partial charge in [-0.2, -0.15) is 0 Å². The number of carbonyl (C=O) groups is 1. The molecule has 1 aromatic heterocycles. The normalized spacial score (nSPS) is 10.3. The molecule has 0 unspecified atom stereocenters. The lowest BCUT2D eigenvalue weighted by molar-refractivity contribution is -0.113. The maximum atomic E-state index is 12.0. The van der Waals surface area contributed by atoms with Crippen molar-refractivity contribution in [3.05, 3.63) is 45.3 Å². The average Bonchev–Trinajstić information content (AvgIpc) is 2.44. The molecule has 0 radical (unpaired) electrons. The molecule has 0 atom stereocenters. The summed E-state index contributed by atoms with van der Waals surface area (Å²) >= 11 is 7.04. The molecule has 0 aliphatic carbocycles. The van der Waals surface area contributed by atoms with Crippen LogP contribution in [0.25, 0.3) is 0 Å². The molecule has 2 rings (SSSR count). The molecule has 1 heterocycles. The van der Waals surface area contributed by atoms with Gasteiger partial charge in [-0.1, -0.05) is 23.4 Å². The maximum Gasteiger partial charge on any atom is 0.251 e. The molecule has 0 spiro atoms. The summed E-state index contributed by atoms with van der Waals surface area (Å²) in [6.07, 6.45) is 0. The third kappa shape index (κ3) is 4.51. The van der Waals surface area contributed by atoms with E-state index in [1.54, 1.807) is 25.1 Å². The molecule has 1 amide bonds. The van der Waals surface area contributed by atoms with E-state index in [9.17, 15) is 9.59 Å².